The van der Waals surface area contributed by atoms with Gasteiger partial charge in [0.2, 0.25) is 0 Å². The van der Waals surface area contributed by atoms with Gasteiger partial charge in [0.25, 0.3) is 0 Å². The van der Waals surface area contributed by atoms with Crippen LogP contribution in [0.25, 0.3) is 11.0 Å². The Labute approximate surface area is 128 Å². The molecule has 1 heterocycles. The van der Waals surface area contributed by atoms with Gasteiger partial charge in [0.05, 0.1) is 16.8 Å². The fourth-order valence-electron chi connectivity index (χ4n) is 1.96. The van der Waals surface area contributed by atoms with Gasteiger partial charge in [-0.25, -0.2) is 9.37 Å². The lowest BCUT2D eigenvalue weighted by Crippen LogP contribution is -2.06. The standard InChI is InChI=1S/C13H15FN2O3S2/c1-21(19)6-2-5-16-11-4-3-9(14)7-10(11)15-13(16)20-8-12(17)18/h3-4,7H,2,5-6,8H2,1H3,(H,17,18). The first-order valence-electron chi connectivity index (χ1n) is 6.28. The van der Waals surface area contributed by atoms with E-state index >= 15 is 0 Å². The predicted molar refractivity (Wildman–Crippen MR) is 81.6 cm³/mol. The van der Waals surface area contributed by atoms with Crippen molar-refractivity contribution >= 4 is 39.6 Å². The van der Waals surface area contributed by atoms with Crippen LogP contribution in [0.4, 0.5) is 4.39 Å². The molecule has 0 saturated heterocycles. The molecule has 8 heteroatoms. The minimum atomic E-state index is -0.931. The van der Waals surface area contributed by atoms with Crippen LogP contribution in [0.1, 0.15) is 6.42 Å². The Hall–Kier alpha value is -1.41. The number of rotatable bonds is 7. The van der Waals surface area contributed by atoms with Crippen molar-refractivity contribution in [3.8, 4) is 0 Å². The molecule has 1 N–H and O–H groups in total. The second kappa shape index (κ2) is 7.04. The zero-order chi connectivity index (χ0) is 15.4. The van der Waals surface area contributed by atoms with E-state index in [1.54, 1.807) is 12.3 Å². The molecule has 0 bridgehead atoms. The molecule has 2 aromatic rings. The number of carbonyl (C=O) groups is 1. The van der Waals surface area contributed by atoms with Gasteiger partial charge in [-0.2, -0.15) is 0 Å². The van der Waals surface area contributed by atoms with E-state index in [9.17, 15) is 13.4 Å². The topological polar surface area (TPSA) is 72.2 Å². The Morgan fingerprint density at radius 1 is 1.52 bits per heavy atom. The second-order valence-corrected chi connectivity index (χ2v) is 6.99. The zero-order valence-corrected chi connectivity index (χ0v) is 13.0. The molecule has 0 aliphatic rings. The van der Waals surface area contributed by atoms with Crippen molar-refractivity contribution in [2.24, 2.45) is 0 Å². The van der Waals surface area contributed by atoms with E-state index in [-0.39, 0.29) is 11.6 Å². The molecule has 2 rings (SSSR count). The maximum absolute atomic E-state index is 13.3. The summed E-state index contributed by atoms with van der Waals surface area (Å²) in [4.78, 5) is 15.0. The van der Waals surface area contributed by atoms with Crippen molar-refractivity contribution in [3.05, 3.63) is 24.0 Å². The molecule has 0 aliphatic heterocycles. The average Bonchev–Trinajstić information content (AvgIpc) is 2.73. The van der Waals surface area contributed by atoms with Gasteiger partial charge in [-0.1, -0.05) is 11.8 Å². The lowest BCUT2D eigenvalue weighted by molar-refractivity contribution is -0.133. The number of thioether (sulfide) groups is 1. The fraction of sp³-hybridized carbons (Fsp3) is 0.385. The maximum atomic E-state index is 13.3. The summed E-state index contributed by atoms with van der Waals surface area (Å²) in [5.41, 5.74) is 1.26. The number of aromatic nitrogens is 2. The summed E-state index contributed by atoms with van der Waals surface area (Å²) in [5.74, 6) is -0.855. The number of nitrogens with zero attached hydrogens (tertiary/aromatic N) is 2. The number of carboxylic acids is 1. The summed E-state index contributed by atoms with van der Waals surface area (Å²) in [7, 11) is -0.877. The third kappa shape index (κ3) is 4.28. The number of hydrogen-bond donors (Lipinski definition) is 1. The van der Waals surface area contributed by atoms with E-state index in [0.29, 0.717) is 29.4 Å². The van der Waals surface area contributed by atoms with Crippen LogP contribution in [0.3, 0.4) is 0 Å². The number of carboxylic acid groups (broad SMARTS) is 1. The zero-order valence-electron chi connectivity index (χ0n) is 11.4. The van der Waals surface area contributed by atoms with Gasteiger partial charge in [-0.3, -0.25) is 9.00 Å². The number of benzene rings is 1. The van der Waals surface area contributed by atoms with Crippen molar-refractivity contribution in [1.82, 2.24) is 9.55 Å². The van der Waals surface area contributed by atoms with Crippen LogP contribution >= 0.6 is 11.8 Å². The van der Waals surface area contributed by atoms with E-state index in [0.717, 1.165) is 17.3 Å². The first-order chi connectivity index (χ1) is 9.97. The van der Waals surface area contributed by atoms with Gasteiger partial charge in [-0.05, 0) is 18.6 Å². The SMILES string of the molecule is CS(=O)CCCn1c(SCC(=O)O)nc2cc(F)ccc21. The molecule has 5 nitrogen and oxygen atoms in total. The molecule has 1 aromatic heterocycles. The number of aryl methyl sites for hydroxylation is 1. The molecule has 0 spiro atoms. The summed E-state index contributed by atoms with van der Waals surface area (Å²) in [6.45, 7) is 0.573. The lowest BCUT2D eigenvalue weighted by atomic mass is 10.3. The fourth-order valence-corrected chi connectivity index (χ4v) is 3.26. The molecule has 0 aliphatic carbocycles. The summed E-state index contributed by atoms with van der Waals surface area (Å²) < 4.78 is 26.2. The van der Waals surface area contributed by atoms with Gasteiger partial charge in [0, 0.05) is 35.4 Å². The van der Waals surface area contributed by atoms with Crippen molar-refractivity contribution in [2.45, 2.75) is 18.1 Å². The molecule has 21 heavy (non-hydrogen) atoms. The summed E-state index contributed by atoms with van der Waals surface area (Å²) in [5, 5.41) is 9.32. The predicted octanol–water partition coefficient (Wildman–Crippen LogP) is 2.12. The Kier molecular flexibility index (Phi) is 5.35. The van der Waals surface area contributed by atoms with E-state index in [1.807, 2.05) is 4.57 Å². The molecule has 1 aromatic carbocycles. The Morgan fingerprint density at radius 3 is 2.95 bits per heavy atom. The minimum Gasteiger partial charge on any atom is -0.481 e. The second-order valence-electron chi connectivity index (χ2n) is 4.49. The molecule has 0 fully saturated rings. The molecule has 1 atom stereocenters. The summed E-state index contributed by atoms with van der Waals surface area (Å²) in [6, 6.07) is 4.31. The highest BCUT2D eigenvalue weighted by Crippen LogP contribution is 2.25. The third-order valence-corrected chi connectivity index (χ3v) is 4.64. The number of aliphatic carboxylic acids is 1. The minimum absolute atomic E-state index is 0.106. The summed E-state index contributed by atoms with van der Waals surface area (Å²) >= 11 is 1.10. The number of imidazole rings is 1. The first kappa shape index (κ1) is 16.0. The highest BCUT2D eigenvalue weighted by Gasteiger charge is 2.13. The van der Waals surface area contributed by atoms with E-state index in [4.69, 9.17) is 5.11 Å². The van der Waals surface area contributed by atoms with E-state index < -0.39 is 16.8 Å². The Balaban J connectivity index is 2.29. The number of fused-ring (bicyclic) bond motifs is 1. The van der Waals surface area contributed by atoms with Gasteiger partial charge >= 0.3 is 5.97 Å². The Bertz CT molecular complexity index is 687. The smallest absolute Gasteiger partial charge is 0.313 e. The van der Waals surface area contributed by atoms with Gasteiger partial charge in [0.15, 0.2) is 5.16 Å². The molecule has 0 saturated carbocycles. The average molecular weight is 330 g/mol. The van der Waals surface area contributed by atoms with E-state index in [1.165, 1.54) is 12.1 Å². The van der Waals surface area contributed by atoms with Crippen molar-refractivity contribution in [3.63, 3.8) is 0 Å². The van der Waals surface area contributed by atoms with Crippen LogP contribution < -0.4 is 0 Å². The van der Waals surface area contributed by atoms with Crippen molar-refractivity contribution < 1.29 is 18.5 Å². The maximum Gasteiger partial charge on any atom is 0.313 e. The van der Waals surface area contributed by atoms with Crippen LogP contribution in [-0.4, -0.2) is 42.6 Å². The molecule has 114 valence electrons. The van der Waals surface area contributed by atoms with Gasteiger partial charge in [-0.15, -0.1) is 0 Å². The largest absolute Gasteiger partial charge is 0.481 e. The number of hydrogen-bond acceptors (Lipinski definition) is 4. The van der Waals surface area contributed by atoms with Gasteiger partial charge < -0.3 is 9.67 Å². The first-order valence-corrected chi connectivity index (χ1v) is 8.99. The highest BCUT2D eigenvalue weighted by molar-refractivity contribution is 7.99. The third-order valence-electron chi connectivity index (χ3n) is 2.81. The lowest BCUT2D eigenvalue weighted by Gasteiger charge is -2.07. The summed E-state index contributed by atoms with van der Waals surface area (Å²) in [6.07, 6.45) is 2.33. The van der Waals surface area contributed by atoms with Crippen LogP contribution in [0.5, 0.6) is 0 Å². The molecular formula is C13H15FN2O3S2. The quantitative estimate of drug-likeness (QED) is 0.787. The Morgan fingerprint density at radius 2 is 2.29 bits per heavy atom. The molecule has 1 unspecified atom stereocenters. The van der Waals surface area contributed by atoms with Crippen LogP contribution in [0, 0.1) is 5.82 Å². The van der Waals surface area contributed by atoms with Gasteiger partial charge in [0.1, 0.15) is 5.82 Å². The molecular weight excluding hydrogens is 315 g/mol. The molecule has 0 radical (unpaired) electrons. The number of halogens is 1. The van der Waals surface area contributed by atoms with Crippen molar-refractivity contribution in [2.75, 3.05) is 17.8 Å². The molecule has 0 amide bonds. The highest BCUT2D eigenvalue weighted by atomic mass is 32.2. The normalized spacial score (nSPS) is 12.7. The van der Waals surface area contributed by atoms with Crippen molar-refractivity contribution in [1.29, 1.82) is 0 Å². The van der Waals surface area contributed by atoms with Crippen LogP contribution in [0.15, 0.2) is 23.4 Å². The van der Waals surface area contributed by atoms with E-state index in [2.05, 4.69) is 4.98 Å². The van der Waals surface area contributed by atoms with Crippen LogP contribution in [-0.2, 0) is 22.1 Å². The monoisotopic (exact) mass is 330 g/mol. The van der Waals surface area contributed by atoms with Crippen LogP contribution in [0.2, 0.25) is 0 Å².